The van der Waals surface area contributed by atoms with Crippen LogP contribution in [0, 0.1) is 0 Å². The smallest absolute Gasteiger partial charge is 0.325 e. The Morgan fingerprint density at radius 1 is 0.750 bits per heavy atom. The average Bonchev–Trinajstić information content (AvgIpc) is 3.03. The minimum atomic E-state index is -1.14. The van der Waals surface area contributed by atoms with Gasteiger partial charge < -0.3 is 9.05 Å². The molecule has 0 bridgehead atoms. The lowest BCUT2D eigenvalue weighted by atomic mass is 10.3. The molecule has 0 aliphatic heterocycles. The second kappa shape index (κ2) is 6.40. The molecule has 3 heteroatoms. The third-order valence-electron chi connectivity index (χ3n) is 2.83. The molecule has 100 valence electrons. The highest BCUT2D eigenvalue weighted by molar-refractivity contribution is 7.53. The first-order valence-electron chi connectivity index (χ1n) is 6.55. The van der Waals surface area contributed by atoms with Crippen LogP contribution in [0.25, 0.3) is 0 Å². The maximum atomic E-state index is 6.03. The number of rotatable bonds is 5. The Hall–Kier alpha value is -2.05. The first-order valence-corrected chi connectivity index (χ1v) is 7.72. The van der Waals surface area contributed by atoms with Crippen molar-refractivity contribution in [2.45, 2.75) is 6.42 Å². The fourth-order valence-electron chi connectivity index (χ4n) is 1.86. The lowest BCUT2D eigenvalue weighted by molar-refractivity contribution is 0.498. The second-order valence-electron chi connectivity index (χ2n) is 4.33. The lowest BCUT2D eigenvalue weighted by Crippen LogP contribution is -1.96. The third-order valence-corrected chi connectivity index (χ3v) is 4.33. The van der Waals surface area contributed by atoms with E-state index in [-0.39, 0.29) is 0 Å². The van der Waals surface area contributed by atoms with Crippen molar-refractivity contribution in [2.24, 2.45) is 0 Å². The highest BCUT2D eigenvalue weighted by Gasteiger charge is 2.20. The van der Waals surface area contributed by atoms with Gasteiger partial charge in [-0.25, -0.2) is 0 Å². The van der Waals surface area contributed by atoms with E-state index in [1.165, 1.54) is 0 Å². The Balaban J connectivity index is 1.79. The van der Waals surface area contributed by atoms with E-state index >= 15 is 0 Å². The fraction of sp³-hybridized carbons (Fsp3) is 0.0588. The summed E-state index contributed by atoms with van der Waals surface area (Å²) in [4.78, 5) is 0. The maximum absolute atomic E-state index is 6.03. The van der Waals surface area contributed by atoms with Gasteiger partial charge in [0.1, 0.15) is 11.5 Å². The molecule has 0 radical (unpaired) electrons. The molecule has 0 N–H and O–H groups in total. The Labute approximate surface area is 120 Å². The molecule has 0 heterocycles. The first kappa shape index (κ1) is 13.0. The molecular weight excluding hydrogens is 267 g/mol. The predicted octanol–water partition coefficient (Wildman–Crippen LogP) is 5.30. The topological polar surface area (TPSA) is 18.5 Å². The Morgan fingerprint density at radius 3 is 1.75 bits per heavy atom. The molecule has 20 heavy (non-hydrogen) atoms. The van der Waals surface area contributed by atoms with E-state index in [9.17, 15) is 0 Å². The molecular formula is C17H15O2P. The van der Waals surface area contributed by atoms with Gasteiger partial charge >= 0.3 is 8.38 Å². The minimum Gasteiger partial charge on any atom is -0.435 e. The number of allylic oxidation sites excluding steroid dienone is 4. The van der Waals surface area contributed by atoms with Gasteiger partial charge in [-0.2, -0.15) is 0 Å². The van der Waals surface area contributed by atoms with Gasteiger partial charge in [0.25, 0.3) is 0 Å². The van der Waals surface area contributed by atoms with Crippen LogP contribution in [0.4, 0.5) is 0 Å². The van der Waals surface area contributed by atoms with Crippen LogP contribution in [0.2, 0.25) is 0 Å². The SMILES string of the molecule is C1=CC(P(Oc2ccccc2)Oc2ccccc2)=CC1. The molecule has 0 saturated carbocycles. The molecule has 0 amide bonds. The molecule has 0 atom stereocenters. The predicted molar refractivity (Wildman–Crippen MR) is 82.9 cm³/mol. The van der Waals surface area contributed by atoms with E-state index in [1.54, 1.807) is 0 Å². The van der Waals surface area contributed by atoms with Crippen molar-refractivity contribution in [3.8, 4) is 11.5 Å². The lowest BCUT2D eigenvalue weighted by Gasteiger charge is -2.18. The minimum absolute atomic E-state index is 0.829. The molecule has 0 unspecified atom stereocenters. The van der Waals surface area contributed by atoms with Gasteiger partial charge in [0.2, 0.25) is 0 Å². The van der Waals surface area contributed by atoms with Gasteiger partial charge in [0, 0.05) is 0 Å². The summed E-state index contributed by atoms with van der Waals surface area (Å²) >= 11 is 0. The van der Waals surface area contributed by atoms with Crippen LogP contribution in [-0.4, -0.2) is 0 Å². The molecule has 0 saturated heterocycles. The third kappa shape index (κ3) is 3.28. The highest BCUT2D eigenvalue weighted by atomic mass is 31.2. The van der Waals surface area contributed by atoms with Crippen LogP contribution in [0.3, 0.4) is 0 Å². The van der Waals surface area contributed by atoms with E-state index in [0.717, 1.165) is 23.2 Å². The zero-order valence-corrected chi connectivity index (χ0v) is 11.9. The summed E-state index contributed by atoms with van der Waals surface area (Å²) in [6, 6.07) is 19.6. The molecule has 1 aliphatic rings. The van der Waals surface area contributed by atoms with Crippen molar-refractivity contribution in [3.63, 3.8) is 0 Å². The number of hydrogen-bond donors (Lipinski definition) is 0. The van der Waals surface area contributed by atoms with Gasteiger partial charge in [-0.15, -0.1) is 0 Å². The van der Waals surface area contributed by atoms with Gasteiger partial charge in [0.05, 0.1) is 5.31 Å². The van der Waals surface area contributed by atoms with Crippen molar-refractivity contribution in [1.82, 2.24) is 0 Å². The van der Waals surface area contributed by atoms with Crippen LogP contribution in [-0.2, 0) is 0 Å². The van der Waals surface area contributed by atoms with Gasteiger partial charge in [0.15, 0.2) is 0 Å². The Bertz CT molecular complexity index is 564. The van der Waals surface area contributed by atoms with Gasteiger partial charge in [-0.1, -0.05) is 54.6 Å². The molecule has 0 aromatic heterocycles. The monoisotopic (exact) mass is 282 g/mol. The summed E-state index contributed by atoms with van der Waals surface area (Å²) < 4.78 is 12.1. The summed E-state index contributed by atoms with van der Waals surface area (Å²) in [7, 11) is -1.14. The molecule has 3 rings (SSSR count). The van der Waals surface area contributed by atoms with Crippen LogP contribution in [0.1, 0.15) is 6.42 Å². The number of benzene rings is 2. The fourth-order valence-corrected chi connectivity index (χ4v) is 3.22. The van der Waals surface area contributed by atoms with E-state index < -0.39 is 8.38 Å². The van der Waals surface area contributed by atoms with E-state index in [1.807, 2.05) is 60.7 Å². The Kier molecular flexibility index (Phi) is 4.15. The van der Waals surface area contributed by atoms with Crippen molar-refractivity contribution in [1.29, 1.82) is 0 Å². The van der Waals surface area contributed by atoms with Crippen molar-refractivity contribution >= 4 is 8.38 Å². The quantitative estimate of drug-likeness (QED) is 0.693. The molecule has 2 nitrogen and oxygen atoms in total. The van der Waals surface area contributed by atoms with E-state index in [2.05, 4.69) is 18.2 Å². The maximum Gasteiger partial charge on any atom is 0.325 e. The van der Waals surface area contributed by atoms with Gasteiger partial charge in [-0.3, -0.25) is 0 Å². The van der Waals surface area contributed by atoms with E-state index in [4.69, 9.17) is 9.05 Å². The summed E-state index contributed by atoms with van der Waals surface area (Å²) in [5.41, 5.74) is 0. The van der Waals surface area contributed by atoms with E-state index in [0.29, 0.717) is 0 Å². The Morgan fingerprint density at radius 2 is 1.30 bits per heavy atom. The van der Waals surface area contributed by atoms with Crippen LogP contribution in [0.5, 0.6) is 11.5 Å². The molecule has 0 spiro atoms. The molecule has 0 fully saturated rings. The summed E-state index contributed by atoms with van der Waals surface area (Å²) in [5.74, 6) is 1.66. The largest absolute Gasteiger partial charge is 0.435 e. The number of para-hydroxylation sites is 2. The van der Waals surface area contributed by atoms with Crippen molar-refractivity contribution < 1.29 is 9.05 Å². The van der Waals surface area contributed by atoms with Crippen molar-refractivity contribution in [2.75, 3.05) is 0 Å². The first-order chi connectivity index (χ1) is 9.92. The second-order valence-corrected chi connectivity index (χ2v) is 5.73. The summed E-state index contributed by atoms with van der Waals surface area (Å²) in [6.07, 6.45) is 7.30. The van der Waals surface area contributed by atoms with Crippen LogP contribution in [0.15, 0.2) is 84.2 Å². The van der Waals surface area contributed by atoms with Crippen LogP contribution < -0.4 is 9.05 Å². The standard InChI is InChI=1S/C17H15O2P/c1-3-9-15(10-4-1)18-20(17-13-7-8-14-17)19-16-11-5-2-6-12-16/h1-7,9-14H,8H2. The zero-order chi connectivity index (χ0) is 13.6. The molecule has 1 aliphatic carbocycles. The average molecular weight is 282 g/mol. The van der Waals surface area contributed by atoms with Crippen molar-refractivity contribution in [3.05, 3.63) is 84.2 Å². The summed E-state index contributed by atoms with van der Waals surface area (Å²) in [6.45, 7) is 0. The summed E-state index contributed by atoms with van der Waals surface area (Å²) in [5, 5.41) is 1.12. The normalized spacial score (nSPS) is 13.3. The molecule has 2 aromatic carbocycles. The highest BCUT2D eigenvalue weighted by Crippen LogP contribution is 2.49. The van der Waals surface area contributed by atoms with Crippen LogP contribution >= 0.6 is 8.38 Å². The zero-order valence-electron chi connectivity index (χ0n) is 11.0. The van der Waals surface area contributed by atoms with Gasteiger partial charge in [-0.05, 0) is 30.7 Å². The molecule has 2 aromatic rings. The number of hydrogen-bond acceptors (Lipinski definition) is 2.